The number of carbonyl (C=O) groups is 2. The molecule has 0 fully saturated rings. The zero-order chi connectivity index (χ0) is 10.4. The maximum absolute atomic E-state index is 11.4. The zero-order valence-electron chi connectivity index (χ0n) is 7.47. The second kappa shape index (κ2) is 5.21. The van der Waals surface area contributed by atoms with Crippen molar-refractivity contribution in [2.75, 3.05) is 6.61 Å². The van der Waals surface area contributed by atoms with E-state index in [-0.39, 0.29) is 24.6 Å². The minimum Gasteiger partial charge on any atom is -0.297 e. The van der Waals surface area contributed by atoms with Gasteiger partial charge in [-0.1, -0.05) is 0 Å². The van der Waals surface area contributed by atoms with Crippen molar-refractivity contribution < 1.29 is 14.4 Å². The van der Waals surface area contributed by atoms with Gasteiger partial charge in [0.25, 0.3) is 0 Å². The number of carbonyl (C=O) groups excluding carboxylic acids is 2. The van der Waals surface area contributed by atoms with Gasteiger partial charge in [-0.15, -0.1) is 0 Å². The van der Waals surface area contributed by atoms with Crippen molar-refractivity contribution in [1.82, 2.24) is 4.98 Å². The summed E-state index contributed by atoms with van der Waals surface area (Å²) in [7, 11) is 0. The molecule has 0 aliphatic carbocycles. The lowest BCUT2D eigenvalue weighted by Crippen LogP contribution is -2.16. The molecular formula is C9H10N2O3. The maximum atomic E-state index is 11.4. The number of nitrogens with zero attached hydrogens (tertiary/aromatic N) is 1. The second-order valence-corrected chi connectivity index (χ2v) is 2.69. The van der Waals surface area contributed by atoms with Crippen LogP contribution in [0.5, 0.6) is 0 Å². The third-order valence-electron chi connectivity index (χ3n) is 1.60. The molecule has 0 aliphatic rings. The first-order chi connectivity index (χ1) is 6.74. The van der Waals surface area contributed by atoms with E-state index in [1.54, 1.807) is 12.1 Å². The third kappa shape index (κ3) is 3.04. The van der Waals surface area contributed by atoms with Crippen molar-refractivity contribution in [2.45, 2.75) is 6.42 Å². The number of ketones is 2. The average Bonchev–Trinajstić information content (AvgIpc) is 2.19. The Morgan fingerprint density at radius 2 is 2.00 bits per heavy atom. The number of Topliss-reactive ketones (excluding diaryl/α,β-unsaturated/α-hetero) is 2. The van der Waals surface area contributed by atoms with Crippen LogP contribution in [-0.2, 0) is 9.63 Å². The summed E-state index contributed by atoms with van der Waals surface area (Å²) < 4.78 is 0. The smallest absolute Gasteiger partial charge is 0.170 e. The van der Waals surface area contributed by atoms with Crippen LogP contribution in [0.15, 0.2) is 24.5 Å². The van der Waals surface area contributed by atoms with Crippen molar-refractivity contribution >= 4 is 11.6 Å². The molecule has 1 heterocycles. The van der Waals surface area contributed by atoms with Crippen LogP contribution in [0.25, 0.3) is 0 Å². The van der Waals surface area contributed by atoms with Gasteiger partial charge in [0, 0.05) is 18.0 Å². The molecule has 1 aromatic rings. The lowest BCUT2D eigenvalue weighted by Gasteiger charge is -1.98. The van der Waals surface area contributed by atoms with Gasteiger partial charge in [0.2, 0.25) is 0 Å². The molecule has 0 aliphatic heterocycles. The minimum atomic E-state index is -0.339. The van der Waals surface area contributed by atoms with Gasteiger partial charge in [0.15, 0.2) is 11.6 Å². The molecule has 2 N–H and O–H groups in total. The number of aromatic nitrogens is 1. The predicted octanol–water partition coefficient (Wildman–Crippen LogP) is 0.114. The first-order valence-electron chi connectivity index (χ1n) is 4.00. The number of hydrogen-bond acceptors (Lipinski definition) is 5. The highest BCUT2D eigenvalue weighted by Crippen LogP contribution is 2.01. The van der Waals surface area contributed by atoms with Gasteiger partial charge in [-0.2, -0.15) is 0 Å². The molecule has 0 bridgehead atoms. The Bertz CT molecular complexity index is 324. The third-order valence-corrected chi connectivity index (χ3v) is 1.60. The standard InChI is InChI=1S/C9H10N2O3/c10-14-6-8(12)5-9(13)7-1-3-11-4-2-7/h1-4H,5-6,10H2. The van der Waals surface area contributed by atoms with Crippen molar-refractivity contribution in [2.24, 2.45) is 5.90 Å². The zero-order valence-corrected chi connectivity index (χ0v) is 7.47. The van der Waals surface area contributed by atoms with Gasteiger partial charge in [0.05, 0.1) is 6.42 Å². The highest BCUT2D eigenvalue weighted by Gasteiger charge is 2.10. The molecule has 0 unspecified atom stereocenters. The van der Waals surface area contributed by atoms with E-state index in [2.05, 4.69) is 9.82 Å². The van der Waals surface area contributed by atoms with E-state index < -0.39 is 0 Å². The molecule has 74 valence electrons. The molecule has 0 atom stereocenters. The van der Waals surface area contributed by atoms with Gasteiger partial charge in [-0.3, -0.25) is 19.4 Å². The van der Waals surface area contributed by atoms with Gasteiger partial charge < -0.3 is 0 Å². The molecule has 0 saturated carbocycles. The van der Waals surface area contributed by atoms with Crippen LogP contribution in [0.1, 0.15) is 16.8 Å². The van der Waals surface area contributed by atoms with Crippen molar-refractivity contribution in [3.05, 3.63) is 30.1 Å². The molecule has 1 rings (SSSR count). The minimum absolute atomic E-state index is 0.193. The van der Waals surface area contributed by atoms with E-state index in [0.717, 1.165) is 0 Å². The Balaban J connectivity index is 2.55. The van der Waals surface area contributed by atoms with Crippen LogP contribution in [-0.4, -0.2) is 23.2 Å². The van der Waals surface area contributed by atoms with Crippen LogP contribution in [0.2, 0.25) is 0 Å². The van der Waals surface area contributed by atoms with Crippen molar-refractivity contribution in [1.29, 1.82) is 0 Å². The summed E-state index contributed by atoms with van der Waals surface area (Å²) in [5.74, 6) is 4.11. The summed E-state index contributed by atoms with van der Waals surface area (Å²) >= 11 is 0. The Hall–Kier alpha value is -1.59. The van der Waals surface area contributed by atoms with Gasteiger partial charge in [-0.05, 0) is 12.1 Å². The maximum Gasteiger partial charge on any atom is 0.170 e. The lowest BCUT2D eigenvalue weighted by atomic mass is 10.1. The highest BCUT2D eigenvalue weighted by molar-refractivity contribution is 6.08. The monoisotopic (exact) mass is 194 g/mol. The molecule has 1 aromatic heterocycles. The molecule has 0 spiro atoms. The molecule has 0 aromatic carbocycles. The van der Waals surface area contributed by atoms with E-state index in [1.165, 1.54) is 12.4 Å². The molecule has 0 amide bonds. The van der Waals surface area contributed by atoms with Gasteiger partial charge in [0.1, 0.15) is 6.61 Å². The summed E-state index contributed by atoms with van der Waals surface area (Å²) in [5, 5.41) is 0. The van der Waals surface area contributed by atoms with Crippen LogP contribution in [0.3, 0.4) is 0 Å². The van der Waals surface area contributed by atoms with Crippen LogP contribution in [0.4, 0.5) is 0 Å². The Labute approximate surface area is 80.8 Å². The van der Waals surface area contributed by atoms with Crippen LogP contribution in [0, 0.1) is 0 Å². The number of rotatable bonds is 5. The number of pyridine rings is 1. The molecule has 0 radical (unpaired) electrons. The van der Waals surface area contributed by atoms with E-state index in [4.69, 9.17) is 5.90 Å². The van der Waals surface area contributed by atoms with E-state index in [9.17, 15) is 9.59 Å². The summed E-state index contributed by atoms with van der Waals surface area (Å²) in [6.07, 6.45) is 2.80. The quantitative estimate of drug-likeness (QED) is 0.408. The number of hydrogen-bond donors (Lipinski definition) is 1. The highest BCUT2D eigenvalue weighted by atomic mass is 16.6. The van der Waals surface area contributed by atoms with Crippen LogP contribution < -0.4 is 5.90 Å². The van der Waals surface area contributed by atoms with Gasteiger partial charge in [-0.25, -0.2) is 5.90 Å². The largest absolute Gasteiger partial charge is 0.297 e. The topological polar surface area (TPSA) is 82.3 Å². The normalized spacial score (nSPS) is 9.79. The second-order valence-electron chi connectivity index (χ2n) is 2.69. The van der Waals surface area contributed by atoms with Crippen LogP contribution >= 0.6 is 0 Å². The first kappa shape index (κ1) is 10.5. The fourth-order valence-corrected chi connectivity index (χ4v) is 0.963. The molecule has 14 heavy (non-hydrogen) atoms. The van der Waals surface area contributed by atoms with Crippen molar-refractivity contribution in [3.63, 3.8) is 0 Å². The lowest BCUT2D eigenvalue weighted by molar-refractivity contribution is -0.122. The number of nitrogens with two attached hydrogens (primary N) is 1. The fourth-order valence-electron chi connectivity index (χ4n) is 0.963. The van der Waals surface area contributed by atoms with E-state index in [0.29, 0.717) is 5.56 Å². The predicted molar refractivity (Wildman–Crippen MR) is 48.3 cm³/mol. The van der Waals surface area contributed by atoms with Gasteiger partial charge >= 0.3 is 0 Å². The molecule has 0 saturated heterocycles. The average molecular weight is 194 g/mol. The van der Waals surface area contributed by atoms with E-state index in [1.807, 2.05) is 0 Å². The summed E-state index contributed by atoms with van der Waals surface area (Å²) in [5.41, 5.74) is 0.463. The summed E-state index contributed by atoms with van der Waals surface area (Å²) in [6.45, 7) is -0.239. The molecule has 5 nitrogen and oxygen atoms in total. The van der Waals surface area contributed by atoms with E-state index >= 15 is 0 Å². The summed E-state index contributed by atoms with van der Waals surface area (Å²) in [4.78, 5) is 30.3. The Kier molecular flexibility index (Phi) is 3.90. The molecule has 5 heteroatoms. The first-order valence-corrected chi connectivity index (χ1v) is 4.00. The fraction of sp³-hybridized carbons (Fsp3) is 0.222. The van der Waals surface area contributed by atoms with Crippen molar-refractivity contribution in [3.8, 4) is 0 Å². The Morgan fingerprint density at radius 3 is 2.57 bits per heavy atom. The molecular weight excluding hydrogens is 184 g/mol. The SMILES string of the molecule is NOCC(=O)CC(=O)c1ccncc1. The Morgan fingerprint density at radius 1 is 1.36 bits per heavy atom. The summed E-state index contributed by atoms with van der Waals surface area (Å²) in [6, 6.07) is 3.11.